The van der Waals surface area contributed by atoms with E-state index in [2.05, 4.69) is 4.98 Å². The average Bonchev–Trinajstić information content (AvgIpc) is 3.48. The first-order valence-electron chi connectivity index (χ1n) is 10.4. The van der Waals surface area contributed by atoms with Gasteiger partial charge in [0.25, 0.3) is 5.91 Å². The highest BCUT2D eigenvalue weighted by Crippen LogP contribution is 2.43. The summed E-state index contributed by atoms with van der Waals surface area (Å²) in [6, 6.07) is 12.7. The third-order valence-corrected chi connectivity index (χ3v) is 7.04. The fraction of sp³-hybridized carbons (Fsp3) is 0.160. The van der Waals surface area contributed by atoms with E-state index in [-0.39, 0.29) is 16.7 Å². The normalized spacial score (nSPS) is 18.1. The Balaban J connectivity index is 1.65. The van der Waals surface area contributed by atoms with Crippen LogP contribution in [0.3, 0.4) is 0 Å². The topological polar surface area (TPSA) is 97.6 Å². The van der Waals surface area contributed by atoms with Crippen LogP contribution in [0, 0.1) is 18.7 Å². The summed E-state index contributed by atoms with van der Waals surface area (Å²) in [4.78, 5) is 57.7. The number of aromatic nitrogens is 1. The highest BCUT2D eigenvalue weighted by molar-refractivity contribution is 7.18. The maximum atomic E-state index is 13.7. The number of halogens is 1. The zero-order chi connectivity index (χ0) is 24.1. The molecule has 1 saturated heterocycles. The molecule has 0 radical (unpaired) electrons. The van der Waals surface area contributed by atoms with E-state index in [1.807, 2.05) is 0 Å². The molecule has 5 rings (SSSR count). The van der Waals surface area contributed by atoms with Gasteiger partial charge in [0.15, 0.2) is 16.7 Å². The van der Waals surface area contributed by atoms with Crippen molar-refractivity contribution in [1.29, 1.82) is 0 Å². The van der Waals surface area contributed by atoms with Crippen molar-refractivity contribution in [2.45, 2.75) is 19.9 Å². The molecule has 34 heavy (non-hydrogen) atoms. The van der Waals surface area contributed by atoms with E-state index in [9.17, 15) is 23.6 Å². The van der Waals surface area contributed by atoms with Gasteiger partial charge in [-0.3, -0.25) is 24.1 Å². The van der Waals surface area contributed by atoms with Gasteiger partial charge in [-0.25, -0.2) is 9.37 Å². The molecule has 7 nitrogen and oxygen atoms in total. The Morgan fingerprint density at radius 2 is 1.79 bits per heavy atom. The van der Waals surface area contributed by atoms with E-state index in [0.717, 1.165) is 16.2 Å². The molecule has 2 unspecified atom stereocenters. The first-order chi connectivity index (χ1) is 16.3. The van der Waals surface area contributed by atoms with E-state index >= 15 is 0 Å². The second kappa shape index (κ2) is 8.11. The number of carbonyl (C=O) groups excluding carboxylic acids is 4. The van der Waals surface area contributed by atoms with Crippen molar-refractivity contribution in [1.82, 2.24) is 4.98 Å². The van der Waals surface area contributed by atoms with Gasteiger partial charge in [-0.15, -0.1) is 0 Å². The van der Waals surface area contributed by atoms with Crippen LogP contribution < -0.4 is 4.90 Å². The quantitative estimate of drug-likeness (QED) is 0.235. The molecule has 0 aliphatic carbocycles. The molecule has 0 bridgehead atoms. The number of aryl methyl sites for hydroxylation is 1. The molecule has 9 heteroatoms. The first-order valence-corrected chi connectivity index (χ1v) is 11.2. The Labute approximate surface area is 196 Å². The number of hydrogen-bond donors (Lipinski definition) is 0. The summed E-state index contributed by atoms with van der Waals surface area (Å²) in [5.41, 5.74) is 1.27. The summed E-state index contributed by atoms with van der Waals surface area (Å²) in [5.74, 6) is -4.72. The smallest absolute Gasteiger partial charge is 0.297 e. The van der Waals surface area contributed by atoms with Crippen molar-refractivity contribution in [2.75, 3.05) is 4.90 Å². The number of fused-ring (bicyclic) bond motifs is 1. The van der Waals surface area contributed by atoms with Gasteiger partial charge in [-0.05, 0) is 36.8 Å². The maximum Gasteiger partial charge on any atom is 0.297 e. The SMILES string of the molecule is CC(=O)c1sc(N2C(=O)C(=O)C(C(=O)c3cc4ccccc4o3)C2c2ccc(F)cc2)nc1C. The predicted molar refractivity (Wildman–Crippen MR) is 123 cm³/mol. The summed E-state index contributed by atoms with van der Waals surface area (Å²) in [6.07, 6.45) is 0. The summed E-state index contributed by atoms with van der Waals surface area (Å²) in [6.45, 7) is 3.01. The summed E-state index contributed by atoms with van der Waals surface area (Å²) < 4.78 is 19.3. The van der Waals surface area contributed by atoms with Crippen LogP contribution in [0.2, 0.25) is 0 Å². The van der Waals surface area contributed by atoms with Gasteiger partial charge < -0.3 is 4.42 Å². The highest BCUT2D eigenvalue weighted by Gasteiger charge is 2.54. The van der Waals surface area contributed by atoms with Crippen LogP contribution in [-0.2, 0) is 9.59 Å². The van der Waals surface area contributed by atoms with Gasteiger partial charge >= 0.3 is 0 Å². The van der Waals surface area contributed by atoms with Crippen molar-refractivity contribution in [3.63, 3.8) is 0 Å². The molecule has 3 heterocycles. The van der Waals surface area contributed by atoms with Gasteiger partial charge in [-0.2, -0.15) is 0 Å². The molecule has 4 aromatic rings. The number of rotatable bonds is 5. The lowest BCUT2D eigenvalue weighted by atomic mass is 9.88. The lowest BCUT2D eigenvalue weighted by Crippen LogP contribution is -2.30. The van der Waals surface area contributed by atoms with Gasteiger partial charge in [-0.1, -0.05) is 41.7 Å². The molecule has 2 aromatic carbocycles. The van der Waals surface area contributed by atoms with Gasteiger partial charge in [0.1, 0.15) is 17.3 Å². The molecule has 170 valence electrons. The average molecular weight is 476 g/mol. The van der Waals surface area contributed by atoms with Crippen LogP contribution in [0.1, 0.15) is 44.4 Å². The standard InChI is InChI=1S/C25H17FN2O5S/c1-12-23(13(2)29)34-25(27-12)28-20(14-7-9-16(26)10-8-14)19(22(31)24(28)32)21(30)18-11-15-5-3-4-6-17(15)33-18/h3-11,19-20H,1-2H3. The number of amides is 1. The number of benzene rings is 2. The Morgan fingerprint density at radius 1 is 1.09 bits per heavy atom. The van der Waals surface area contributed by atoms with E-state index < -0.39 is 35.3 Å². The zero-order valence-electron chi connectivity index (χ0n) is 18.1. The van der Waals surface area contributed by atoms with Crippen LogP contribution in [0.4, 0.5) is 9.52 Å². The molecule has 0 saturated carbocycles. The highest BCUT2D eigenvalue weighted by atomic mass is 32.1. The fourth-order valence-electron chi connectivity index (χ4n) is 4.21. The molecule has 1 aliphatic rings. The van der Waals surface area contributed by atoms with Crippen molar-refractivity contribution in [3.8, 4) is 0 Å². The molecule has 1 fully saturated rings. The molecule has 1 aliphatic heterocycles. The molecule has 2 aromatic heterocycles. The van der Waals surface area contributed by atoms with E-state index in [1.165, 1.54) is 37.3 Å². The van der Waals surface area contributed by atoms with Crippen molar-refractivity contribution >= 4 is 50.7 Å². The largest absolute Gasteiger partial charge is 0.453 e. The summed E-state index contributed by atoms with van der Waals surface area (Å²) in [5, 5.41) is 0.801. The number of furan rings is 1. The lowest BCUT2D eigenvalue weighted by molar-refractivity contribution is -0.135. The number of anilines is 1. The zero-order valence-corrected chi connectivity index (χ0v) is 18.9. The Morgan fingerprint density at radius 3 is 2.44 bits per heavy atom. The van der Waals surface area contributed by atoms with Crippen molar-refractivity contribution in [3.05, 3.63) is 82.3 Å². The number of Topliss-reactive ketones (excluding diaryl/α,β-unsaturated/α-hetero) is 3. The maximum absolute atomic E-state index is 13.7. The number of carbonyl (C=O) groups is 4. The molecular formula is C25H17FN2O5S. The Kier molecular flexibility index (Phi) is 5.21. The number of nitrogens with zero attached hydrogens (tertiary/aromatic N) is 2. The van der Waals surface area contributed by atoms with Crippen LogP contribution >= 0.6 is 11.3 Å². The third-order valence-electron chi connectivity index (χ3n) is 5.78. The van der Waals surface area contributed by atoms with Gasteiger partial charge in [0, 0.05) is 12.3 Å². The molecule has 0 N–H and O–H groups in total. The molecule has 1 amide bonds. The summed E-state index contributed by atoms with van der Waals surface area (Å²) in [7, 11) is 0. The number of para-hydroxylation sites is 1. The van der Waals surface area contributed by atoms with E-state index in [4.69, 9.17) is 4.42 Å². The number of hydrogen-bond acceptors (Lipinski definition) is 7. The fourth-order valence-corrected chi connectivity index (χ4v) is 5.21. The summed E-state index contributed by atoms with van der Waals surface area (Å²) >= 11 is 0.969. The molecule has 2 atom stereocenters. The minimum absolute atomic E-state index is 0.0546. The lowest BCUT2D eigenvalue weighted by Gasteiger charge is -2.24. The Hall–Kier alpha value is -3.98. The van der Waals surface area contributed by atoms with Crippen LogP contribution in [0.15, 0.2) is 59.0 Å². The van der Waals surface area contributed by atoms with Gasteiger partial charge in [0.2, 0.25) is 11.6 Å². The van der Waals surface area contributed by atoms with Gasteiger partial charge in [0.05, 0.1) is 16.6 Å². The third kappa shape index (κ3) is 3.45. The first kappa shape index (κ1) is 21.8. The minimum Gasteiger partial charge on any atom is -0.453 e. The van der Waals surface area contributed by atoms with E-state index in [1.54, 1.807) is 31.2 Å². The molecular weight excluding hydrogens is 459 g/mol. The van der Waals surface area contributed by atoms with Crippen LogP contribution in [0.5, 0.6) is 0 Å². The molecule has 0 spiro atoms. The Bertz CT molecular complexity index is 1450. The van der Waals surface area contributed by atoms with Crippen molar-refractivity contribution in [2.24, 2.45) is 5.92 Å². The predicted octanol–water partition coefficient (Wildman–Crippen LogP) is 4.70. The second-order valence-electron chi connectivity index (χ2n) is 7.99. The number of thiazole rings is 1. The van der Waals surface area contributed by atoms with Crippen LogP contribution in [-0.4, -0.2) is 28.2 Å². The number of ketones is 3. The second-order valence-corrected chi connectivity index (χ2v) is 8.97. The monoisotopic (exact) mass is 476 g/mol. The van der Waals surface area contributed by atoms with Crippen LogP contribution in [0.25, 0.3) is 11.0 Å². The minimum atomic E-state index is -1.43. The van der Waals surface area contributed by atoms with Crippen molar-refractivity contribution < 1.29 is 28.0 Å². The van der Waals surface area contributed by atoms with E-state index in [0.29, 0.717) is 27.1 Å².